The molecule has 3 heteroatoms. The topological polar surface area (TPSA) is 42.4 Å². The summed E-state index contributed by atoms with van der Waals surface area (Å²) in [5, 5.41) is 9.30. The SMILES string of the molecule is Cc1cccc(Oc2cc(CO)cc(C(C)C)n2)c1. The second-order valence-corrected chi connectivity index (χ2v) is 4.97. The molecule has 0 bridgehead atoms. The van der Waals surface area contributed by atoms with Crippen LogP contribution in [0.3, 0.4) is 0 Å². The monoisotopic (exact) mass is 257 g/mol. The average Bonchev–Trinajstić information content (AvgIpc) is 2.38. The molecule has 1 aromatic carbocycles. The minimum Gasteiger partial charge on any atom is -0.439 e. The van der Waals surface area contributed by atoms with Gasteiger partial charge < -0.3 is 9.84 Å². The first-order valence-corrected chi connectivity index (χ1v) is 6.44. The number of hydrogen-bond acceptors (Lipinski definition) is 3. The molecule has 1 N–H and O–H groups in total. The molecule has 0 unspecified atom stereocenters. The van der Waals surface area contributed by atoms with Crippen molar-refractivity contribution in [1.82, 2.24) is 4.98 Å². The van der Waals surface area contributed by atoms with Crippen molar-refractivity contribution in [2.24, 2.45) is 0 Å². The average molecular weight is 257 g/mol. The normalized spacial score (nSPS) is 10.8. The molecule has 0 aliphatic heterocycles. The first-order valence-electron chi connectivity index (χ1n) is 6.44. The van der Waals surface area contributed by atoms with Gasteiger partial charge in [0, 0.05) is 11.8 Å². The molecule has 2 rings (SSSR count). The zero-order valence-electron chi connectivity index (χ0n) is 11.6. The molecule has 0 spiro atoms. The molecule has 19 heavy (non-hydrogen) atoms. The van der Waals surface area contributed by atoms with Crippen LogP contribution in [0.4, 0.5) is 0 Å². The summed E-state index contributed by atoms with van der Waals surface area (Å²) in [6, 6.07) is 11.5. The summed E-state index contributed by atoms with van der Waals surface area (Å²) in [5.41, 5.74) is 2.88. The fraction of sp³-hybridized carbons (Fsp3) is 0.312. The first-order chi connectivity index (χ1) is 9.08. The molecule has 0 amide bonds. The second kappa shape index (κ2) is 5.85. The lowest BCUT2D eigenvalue weighted by atomic mass is 10.1. The zero-order valence-corrected chi connectivity index (χ0v) is 11.6. The molecule has 2 aromatic rings. The van der Waals surface area contributed by atoms with E-state index in [-0.39, 0.29) is 6.61 Å². The van der Waals surface area contributed by atoms with Crippen molar-refractivity contribution in [1.29, 1.82) is 0 Å². The third kappa shape index (κ3) is 3.55. The standard InChI is InChI=1S/C16H19NO2/c1-11(2)15-8-13(10-18)9-16(17-15)19-14-6-4-5-12(3)7-14/h4-9,11,18H,10H2,1-3H3. The molecular weight excluding hydrogens is 238 g/mol. The number of aryl methyl sites for hydroxylation is 1. The number of aliphatic hydroxyl groups is 1. The Hall–Kier alpha value is -1.87. The molecule has 0 aliphatic rings. The van der Waals surface area contributed by atoms with E-state index in [1.165, 1.54) is 0 Å². The van der Waals surface area contributed by atoms with E-state index in [2.05, 4.69) is 18.8 Å². The highest BCUT2D eigenvalue weighted by atomic mass is 16.5. The number of benzene rings is 1. The van der Waals surface area contributed by atoms with Crippen LogP contribution in [-0.2, 0) is 6.61 Å². The molecule has 0 fully saturated rings. The van der Waals surface area contributed by atoms with Gasteiger partial charge in [-0.25, -0.2) is 4.98 Å². The molecule has 1 heterocycles. The molecule has 0 aliphatic carbocycles. The summed E-state index contributed by atoms with van der Waals surface area (Å²) in [7, 11) is 0. The summed E-state index contributed by atoms with van der Waals surface area (Å²) >= 11 is 0. The van der Waals surface area contributed by atoms with Crippen LogP contribution in [-0.4, -0.2) is 10.1 Å². The molecule has 3 nitrogen and oxygen atoms in total. The number of pyridine rings is 1. The van der Waals surface area contributed by atoms with Crippen LogP contribution in [0.15, 0.2) is 36.4 Å². The van der Waals surface area contributed by atoms with E-state index in [0.717, 1.165) is 22.6 Å². The zero-order chi connectivity index (χ0) is 13.8. The Morgan fingerprint density at radius 2 is 2.00 bits per heavy atom. The van der Waals surface area contributed by atoms with E-state index in [9.17, 15) is 5.11 Å². The summed E-state index contributed by atoms with van der Waals surface area (Å²) in [4.78, 5) is 4.47. The maximum absolute atomic E-state index is 9.30. The largest absolute Gasteiger partial charge is 0.439 e. The molecule has 100 valence electrons. The van der Waals surface area contributed by atoms with E-state index in [1.807, 2.05) is 37.3 Å². The number of aliphatic hydroxyl groups excluding tert-OH is 1. The lowest BCUT2D eigenvalue weighted by Gasteiger charge is -2.11. The Balaban J connectivity index is 2.31. The minimum absolute atomic E-state index is 0.00752. The fourth-order valence-electron chi connectivity index (χ4n) is 1.82. The van der Waals surface area contributed by atoms with E-state index in [0.29, 0.717) is 11.8 Å². The van der Waals surface area contributed by atoms with Gasteiger partial charge in [0.05, 0.1) is 6.61 Å². The third-order valence-electron chi connectivity index (χ3n) is 2.87. The molecule has 0 saturated carbocycles. The highest BCUT2D eigenvalue weighted by Gasteiger charge is 2.07. The van der Waals surface area contributed by atoms with Gasteiger partial charge in [-0.3, -0.25) is 0 Å². The smallest absolute Gasteiger partial charge is 0.219 e. The van der Waals surface area contributed by atoms with E-state index in [1.54, 1.807) is 6.07 Å². The van der Waals surface area contributed by atoms with Gasteiger partial charge in [-0.2, -0.15) is 0 Å². The van der Waals surface area contributed by atoms with Crippen molar-refractivity contribution in [2.75, 3.05) is 0 Å². The molecule has 0 saturated heterocycles. The lowest BCUT2D eigenvalue weighted by Crippen LogP contribution is -1.98. The Morgan fingerprint density at radius 1 is 1.21 bits per heavy atom. The van der Waals surface area contributed by atoms with Crippen LogP contribution in [0, 0.1) is 6.92 Å². The minimum atomic E-state index is -0.00752. The van der Waals surface area contributed by atoms with E-state index < -0.39 is 0 Å². The van der Waals surface area contributed by atoms with Crippen molar-refractivity contribution in [3.63, 3.8) is 0 Å². The maximum atomic E-state index is 9.30. The second-order valence-electron chi connectivity index (χ2n) is 4.97. The summed E-state index contributed by atoms with van der Waals surface area (Å²) < 4.78 is 5.77. The van der Waals surface area contributed by atoms with E-state index >= 15 is 0 Å². The van der Waals surface area contributed by atoms with Crippen LogP contribution < -0.4 is 4.74 Å². The van der Waals surface area contributed by atoms with Gasteiger partial charge >= 0.3 is 0 Å². The van der Waals surface area contributed by atoms with Gasteiger partial charge in [0.15, 0.2) is 0 Å². The van der Waals surface area contributed by atoms with Crippen LogP contribution in [0.2, 0.25) is 0 Å². The molecular formula is C16H19NO2. The van der Waals surface area contributed by atoms with Crippen molar-refractivity contribution in [3.05, 3.63) is 53.2 Å². The number of aromatic nitrogens is 1. The van der Waals surface area contributed by atoms with Crippen molar-refractivity contribution in [3.8, 4) is 11.6 Å². The number of rotatable bonds is 4. The van der Waals surface area contributed by atoms with Gasteiger partial charge in [-0.15, -0.1) is 0 Å². The lowest BCUT2D eigenvalue weighted by molar-refractivity contribution is 0.280. The van der Waals surface area contributed by atoms with Crippen LogP contribution in [0.5, 0.6) is 11.6 Å². The van der Waals surface area contributed by atoms with Crippen molar-refractivity contribution >= 4 is 0 Å². The summed E-state index contributed by atoms with van der Waals surface area (Å²) in [6.45, 7) is 6.15. The molecule has 0 radical (unpaired) electrons. The fourth-order valence-corrected chi connectivity index (χ4v) is 1.82. The van der Waals surface area contributed by atoms with Gasteiger partial charge in [0.1, 0.15) is 5.75 Å². The summed E-state index contributed by atoms with van der Waals surface area (Å²) in [6.07, 6.45) is 0. The predicted molar refractivity (Wildman–Crippen MR) is 75.5 cm³/mol. The Bertz CT molecular complexity index is 564. The highest BCUT2D eigenvalue weighted by molar-refractivity contribution is 5.33. The summed E-state index contributed by atoms with van der Waals surface area (Å²) in [5.74, 6) is 1.59. The molecule has 0 atom stereocenters. The number of ether oxygens (including phenoxy) is 1. The number of nitrogens with zero attached hydrogens (tertiary/aromatic N) is 1. The Labute approximate surface area is 113 Å². The quantitative estimate of drug-likeness (QED) is 0.906. The van der Waals surface area contributed by atoms with Gasteiger partial charge in [-0.1, -0.05) is 26.0 Å². The highest BCUT2D eigenvalue weighted by Crippen LogP contribution is 2.24. The Kier molecular flexibility index (Phi) is 4.17. The van der Waals surface area contributed by atoms with E-state index in [4.69, 9.17) is 4.74 Å². The van der Waals surface area contributed by atoms with Gasteiger partial charge in [0.2, 0.25) is 5.88 Å². The van der Waals surface area contributed by atoms with Crippen LogP contribution >= 0.6 is 0 Å². The van der Waals surface area contributed by atoms with Gasteiger partial charge in [-0.05, 0) is 42.2 Å². The molecule has 1 aromatic heterocycles. The van der Waals surface area contributed by atoms with Crippen LogP contribution in [0.1, 0.15) is 36.6 Å². The predicted octanol–water partition coefficient (Wildman–Crippen LogP) is 3.80. The maximum Gasteiger partial charge on any atom is 0.219 e. The first kappa shape index (κ1) is 13.6. The van der Waals surface area contributed by atoms with Crippen molar-refractivity contribution < 1.29 is 9.84 Å². The Morgan fingerprint density at radius 3 is 2.63 bits per heavy atom. The van der Waals surface area contributed by atoms with Gasteiger partial charge in [0.25, 0.3) is 0 Å². The van der Waals surface area contributed by atoms with Crippen LogP contribution in [0.25, 0.3) is 0 Å². The van der Waals surface area contributed by atoms with Crippen molar-refractivity contribution in [2.45, 2.75) is 33.3 Å². The number of hydrogen-bond donors (Lipinski definition) is 1. The third-order valence-corrected chi connectivity index (χ3v) is 2.87.